The van der Waals surface area contributed by atoms with Crippen LogP contribution in [0.25, 0.3) is 0 Å². The largest absolute Gasteiger partial charge is 0.314 e. The summed E-state index contributed by atoms with van der Waals surface area (Å²) in [6.45, 7) is 7.82. The minimum atomic E-state index is 0.494. The zero-order valence-corrected chi connectivity index (χ0v) is 13.7. The van der Waals surface area contributed by atoms with E-state index in [0.717, 1.165) is 30.3 Å². The Kier molecular flexibility index (Phi) is 7.82. The molecule has 0 radical (unpaired) electrons. The molecule has 2 unspecified atom stereocenters. The highest BCUT2D eigenvalue weighted by Gasteiger charge is 2.14. The average Bonchev–Trinajstić information content (AvgIpc) is 2.38. The van der Waals surface area contributed by atoms with Crippen molar-refractivity contribution in [3.05, 3.63) is 33.8 Å². The average molecular weight is 302 g/mol. The van der Waals surface area contributed by atoms with E-state index in [-0.39, 0.29) is 0 Å². The third kappa shape index (κ3) is 6.16. The molecule has 2 atom stereocenters. The maximum absolute atomic E-state index is 6.27. The molecule has 0 aliphatic heterocycles. The van der Waals surface area contributed by atoms with E-state index in [1.807, 2.05) is 18.2 Å². The molecule has 19 heavy (non-hydrogen) atoms. The summed E-state index contributed by atoms with van der Waals surface area (Å²) >= 11 is 12.2. The van der Waals surface area contributed by atoms with Crippen LogP contribution in [0.1, 0.15) is 45.6 Å². The van der Waals surface area contributed by atoms with Gasteiger partial charge in [0.25, 0.3) is 0 Å². The molecule has 0 fully saturated rings. The molecule has 0 aliphatic rings. The molecule has 1 aromatic carbocycles. The fourth-order valence-corrected chi connectivity index (χ4v) is 2.68. The lowest BCUT2D eigenvalue weighted by atomic mass is 9.94. The highest BCUT2D eigenvalue weighted by Crippen LogP contribution is 2.23. The molecule has 0 saturated carbocycles. The van der Waals surface area contributed by atoms with Crippen molar-refractivity contribution in [2.45, 2.75) is 52.5 Å². The van der Waals surface area contributed by atoms with Gasteiger partial charge in [-0.3, -0.25) is 0 Å². The first-order valence-corrected chi connectivity index (χ1v) is 7.99. The molecule has 1 N–H and O–H groups in total. The molecule has 1 aromatic rings. The summed E-state index contributed by atoms with van der Waals surface area (Å²) in [7, 11) is 0. The Labute approximate surface area is 127 Å². The van der Waals surface area contributed by atoms with Gasteiger partial charge in [-0.2, -0.15) is 0 Å². The molecule has 1 nitrogen and oxygen atoms in total. The standard InChI is InChI=1S/C16H25Cl2N/c1-4-8-19-15(9-12(3)5-2)10-13-6-7-14(17)11-16(13)18/h6-7,11-12,15,19H,4-5,8-10H2,1-3H3. The van der Waals surface area contributed by atoms with Crippen LogP contribution in [0.5, 0.6) is 0 Å². The van der Waals surface area contributed by atoms with Crippen LogP contribution in [-0.2, 0) is 6.42 Å². The first kappa shape index (κ1) is 16.8. The first-order valence-electron chi connectivity index (χ1n) is 7.24. The lowest BCUT2D eigenvalue weighted by molar-refractivity contribution is 0.391. The highest BCUT2D eigenvalue weighted by atomic mass is 35.5. The second kappa shape index (κ2) is 8.84. The van der Waals surface area contributed by atoms with Gasteiger partial charge in [-0.15, -0.1) is 0 Å². The van der Waals surface area contributed by atoms with E-state index in [0.29, 0.717) is 11.1 Å². The third-order valence-corrected chi connectivity index (χ3v) is 4.14. The maximum atomic E-state index is 6.27. The number of benzene rings is 1. The number of hydrogen-bond acceptors (Lipinski definition) is 1. The van der Waals surface area contributed by atoms with E-state index >= 15 is 0 Å². The molecule has 1 rings (SSSR count). The summed E-state index contributed by atoms with van der Waals surface area (Å²) in [5.41, 5.74) is 1.18. The van der Waals surface area contributed by atoms with Gasteiger partial charge in [0.05, 0.1) is 0 Å². The van der Waals surface area contributed by atoms with E-state index in [1.54, 1.807) is 0 Å². The molecular formula is C16H25Cl2N. The summed E-state index contributed by atoms with van der Waals surface area (Å²) in [6.07, 6.45) is 4.54. The first-order chi connectivity index (χ1) is 9.06. The van der Waals surface area contributed by atoms with Crippen molar-refractivity contribution >= 4 is 23.2 Å². The molecule has 0 spiro atoms. The van der Waals surface area contributed by atoms with Crippen LogP contribution in [0.15, 0.2) is 18.2 Å². The number of rotatable bonds is 8. The molecular weight excluding hydrogens is 277 g/mol. The second-order valence-corrected chi connectivity index (χ2v) is 6.18. The summed E-state index contributed by atoms with van der Waals surface area (Å²) in [6, 6.07) is 6.29. The Balaban J connectivity index is 2.69. The molecule has 108 valence electrons. The molecule has 0 amide bonds. The van der Waals surface area contributed by atoms with Crippen LogP contribution >= 0.6 is 23.2 Å². The minimum absolute atomic E-state index is 0.494. The van der Waals surface area contributed by atoms with Gasteiger partial charge in [0.15, 0.2) is 0 Å². The van der Waals surface area contributed by atoms with Crippen molar-refractivity contribution in [1.82, 2.24) is 5.32 Å². The summed E-state index contributed by atoms with van der Waals surface area (Å²) < 4.78 is 0. The van der Waals surface area contributed by atoms with Gasteiger partial charge in [0.1, 0.15) is 0 Å². The quantitative estimate of drug-likeness (QED) is 0.683. The summed E-state index contributed by atoms with van der Waals surface area (Å²) in [5, 5.41) is 5.11. The lowest BCUT2D eigenvalue weighted by Crippen LogP contribution is -2.33. The Morgan fingerprint density at radius 2 is 1.95 bits per heavy atom. The van der Waals surface area contributed by atoms with E-state index in [1.165, 1.54) is 18.4 Å². The Morgan fingerprint density at radius 3 is 2.53 bits per heavy atom. The van der Waals surface area contributed by atoms with Crippen molar-refractivity contribution in [2.24, 2.45) is 5.92 Å². The Morgan fingerprint density at radius 1 is 1.21 bits per heavy atom. The second-order valence-electron chi connectivity index (χ2n) is 5.34. The van der Waals surface area contributed by atoms with E-state index < -0.39 is 0 Å². The zero-order valence-electron chi connectivity index (χ0n) is 12.2. The fraction of sp³-hybridized carbons (Fsp3) is 0.625. The SMILES string of the molecule is CCCNC(Cc1ccc(Cl)cc1Cl)CC(C)CC. The van der Waals surface area contributed by atoms with Crippen LogP contribution < -0.4 is 5.32 Å². The van der Waals surface area contributed by atoms with E-state index in [4.69, 9.17) is 23.2 Å². The van der Waals surface area contributed by atoms with Crippen LogP contribution in [0.2, 0.25) is 10.0 Å². The van der Waals surface area contributed by atoms with Gasteiger partial charge >= 0.3 is 0 Å². The van der Waals surface area contributed by atoms with Crippen LogP contribution in [0, 0.1) is 5.92 Å². The lowest BCUT2D eigenvalue weighted by Gasteiger charge is -2.22. The minimum Gasteiger partial charge on any atom is -0.314 e. The van der Waals surface area contributed by atoms with Crippen molar-refractivity contribution in [3.63, 3.8) is 0 Å². The van der Waals surface area contributed by atoms with E-state index in [9.17, 15) is 0 Å². The van der Waals surface area contributed by atoms with Gasteiger partial charge in [0.2, 0.25) is 0 Å². The number of hydrogen-bond donors (Lipinski definition) is 1. The molecule has 0 heterocycles. The van der Waals surface area contributed by atoms with Crippen molar-refractivity contribution < 1.29 is 0 Å². The smallest absolute Gasteiger partial charge is 0.0453 e. The maximum Gasteiger partial charge on any atom is 0.0453 e. The fourth-order valence-electron chi connectivity index (χ4n) is 2.19. The topological polar surface area (TPSA) is 12.0 Å². The molecule has 3 heteroatoms. The predicted octanol–water partition coefficient (Wildman–Crippen LogP) is 5.34. The zero-order chi connectivity index (χ0) is 14.3. The summed E-state index contributed by atoms with van der Waals surface area (Å²) in [5.74, 6) is 0.737. The van der Waals surface area contributed by atoms with Crippen LogP contribution in [-0.4, -0.2) is 12.6 Å². The highest BCUT2D eigenvalue weighted by molar-refractivity contribution is 6.35. The third-order valence-electron chi connectivity index (χ3n) is 3.55. The Hall–Kier alpha value is -0.240. The van der Waals surface area contributed by atoms with Crippen molar-refractivity contribution in [1.29, 1.82) is 0 Å². The summed E-state index contributed by atoms with van der Waals surface area (Å²) in [4.78, 5) is 0. The van der Waals surface area contributed by atoms with E-state index in [2.05, 4.69) is 26.1 Å². The van der Waals surface area contributed by atoms with Crippen LogP contribution in [0.3, 0.4) is 0 Å². The molecule has 0 aliphatic carbocycles. The van der Waals surface area contributed by atoms with Crippen molar-refractivity contribution in [3.8, 4) is 0 Å². The van der Waals surface area contributed by atoms with Crippen LogP contribution in [0.4, 0.5) is 0 Å². The van der Waals surface area contributed by atoms with Gasteiger partial charge in [-0.25, -0.2) is 0 Å². The van der Waals surface area contributed by atoms with Gasteiger partial charge in [0, 0.05) is 16.1 Å². The van der Waals surface area contributed by atoms with Gasteiger partial charge < -0.3 is 5.32 Å². The molecule has 0 aromatic heterocycles. The number of halogens is 2. The normalized spacial score (nSPS) is 14.4. The Bertz CT molecular complexity index is 379. The van der Waals surface area contributed by atoms with Gasteiger partial charge in [-0.1, -0.05) is 56.5 Å². The monoisotopic (exact) mass is 301 g/mol. The molecule has 0 saturated heterocycles. The molecule has 0 bridgehead atoms. The predicted molar refractivity (Wildman–Crippen MR) is 86.3 cm³/mol. The number of nitrogens with one attached hydrogen (secondary N) is 1. The van der Waals surface area contributed by atoms with Crippen molar-refractivity contribution in [2.75, 3.05) is 6.54 Å². The van der Waals surface area contributed by atoms with Gasteiger partial charge in [-0.05, 0) is 49.4 Å².